The number of esters is 1. The molecule has 294 valence electrons. The fourth-order valence-electron chi connectivity index (χ4n) is 6.11. The van der Waals surface area contributed by atoms with Crippen LogP contribution in [0.5, 0.6) is 5.75 Å². The van der Waals surface area contributed by atoms with E-state index in [1.54, 1.807) is 36.4 Å². The van der Waals surface area contributed by atoms with E-state index in [2.05, 4.69) is 46.4 Å². The Balaban J connectivity index is 1.23. The zero-order chi connectivity index (χ0) is 38.8. The summed E-state index contributed by atoms with van der Waals surface area (Å²) in [4.78, 5) is 16.8. The lowest BCUT2D eigenvalue weighted by Gasteiger charge is -2.25. The van der Waals surface area contributed by atoms with Gasteiger partial charge in [-0.2, -0.15) is 15.4 Å². The van der Waals surface area contributed by atoms with Crippen molar-refractivity contribution in [1.29, 1.82) is 5.26 Å². The number of nitriles is 1. The minimum atomic E-state index is -4.34. The molecule has 0 bridgehead atoms. The number of carbonyl (C=O) groups is 1. The van der Waals surface area contributed by atoms with Crippen molar-refractivity contribution in [3.8, 4) is 11.8 Å². The Morgan fingerprint density at radius 2 is 1.74 bits per heavy atom. The number of ether oxygens (including phenoxy) is 2. The Kier molecular flexibility index (Phi) is 17.1. The average Bonchev–Trinajstić information content (AvgIpc) is 3.72. The molecule has 1 aromatic carbocycles. The highest BCUT2D eigenvalue weighted by Crippen LogP contribution is 2.47. The SMILES string of the molecule is CCCCC/C=C\C/C=C\CCCCCCCCOC(=O)[C@H](C)NP(=O)(OC[C@H]1O[C@@](C#N)(c2ccc3c(N)ncnn23)[C@H](O)[C@@H]1O)Oc1ccccc1. The zero-order valence-corrected chi connectivity index (χ0v) is 32.2. The molecule has 14 nitrogen and oxygen atoms in total. The fraction of sp³-hybridized carbons (Fsp3) is 0.538. The third-order valence-electron chi connectivity index (χ3n) is 9.16. The first-order chi connectivity index (χ1) is 26.1. The molecule has 6 atom stereocenters. The Morgan fingerprint density at radius 3 is 2.44 bits per heavy atom. The van der Waals surface area contributed by atoms with Crippen LogP contribution in [0.25, 0.3) is 5.52 Å². The van der Waals surface area contributed by atoms with Gasteiger partial charge < -0.3 is 29.9 Å². The molecule has 3 aromatic rings. The van der Waals surface area contributed by atoms with Crippen LogP contribution in [-0.4, -0.2) is 68.3 Å². The average molecular weight is 767 g/mol. The van der Waals surface area contributed by atoms with Crippen molar-refractivity contribution in [2.45, 2.75) is 121 Å². The minimum Gasteiger partial charge on any atom is -0.465 e. The number of aliphatic hydroxyl groups is 2. The number of aliphatic hydroxyl groups excluding tert-OH is 2. The molecule has 0 saturated carbocycles. The summed E-state index contributed by atoms with van der Waals surface area (Å²) in [5, 5.41) is 39.0. The number of nitrogens with two attached hydrogens (primary N) is 1. The van der Waals surface area contributed by atoms with Crippen LogP contribution in [0.4, 0.5) is 5.82 Å². The van der Waals surface area contributed by atoms with Crippen molar-refractivity contribution in [1.82, 2.24) is 19.7 Å². The molecule has 1 aliphatic heterocycles. The maximum absolute atomic E-state index is 14.1. The number of nitrogens with zero attached hydrogens (tertiary/aromatic N) is 4. The van der Waals surface area contributed by atoms with Gasteiger partial charge in [0.05, 0.1) is 18.9 Å². The van der Waals surface area contributed by atoms with Gasteiger partial charge in [0, 0.05) is 0 Å². The highest BCUT2D eigenvalue weighted by Gasteiger charge is 2.58. The minimum absolute atomic E-state index is 0.0983. The highest BCUT2D eigenvalue weighted by atomic mass is 31.2. The van der Waals surface area contributed by atoms with Crippen molar-refractivity contribution in [3.63, 3.8) is 0 Å². The van der Waals surface area contributed by atoms with E-state index in [1.807, 2.05) is 6.07 Å². The zero-order valence-electron chi connectivity index (χ0n) is 31.3. The second kappa shape index (κ2) is 21.7. The molecule has 4 rings (SSSR count). The summed E-state index contributed by atoms with van der Waals surface area (Å²) in [5.74, 6) is -0.321. The molecule has 5 N–H and O–H groups in total. The molecule has 2 aromatic heterocycles. The van der Waals surface area contributed by atoms with Crippen LogP contribution in [0.15, 0.2) is 73.1 Å². The van der Waals surface area contributed by atoms with Gasteiger partial charge in [0.15, 0.2) is 5.82 Å². The second-order valence-corrected chi connectivity index (χ2v) is 15.1. The van der Waals surface area contributed by atoms with Gasteiger partial charge in [0.1, 0.15) is 48.0 Å². The van der Waals surface area contributed by atoms with Crippen LogP contribution in [0, 0.1) is 11.3 Å². The van der Waals surface area contributed by atoms with E-state index in [4.69, 9.17) is 24.3 Å². The molecular formula is C39H55N6O8P. The molecule has 0 spiro atoms. The number of nitrogens with one attached hydrogen (secondary N) is 1. The number of unbranched alkanes of at least 4 members (excludes halogenated alkanes) is 9. The summed E-state index contributed by atoms with van der Waals surface area (Å²) in [7, 11) is -4.34. The maximum atomic E-state index is 14.1. The molecule has 15 heteroatoms. The lowest BCUT2D eigenvalue weighted by molar-refractivity contribution is -0.145. The summed E-state index contributed by atoms with van der Waals surface area (Å²) in [6, 6.07) is 12.1. The number of nitrogen functional groups attached to an aromatic ring is 1. The number of para-hydroxylation sites is 1. The molecule has 0 radical (unpaired) electrons. The number of allylic oxidation sites excluding steroid dienone is 4. The summed E-state index contributed by atoms with van der Waals surface area (Å²) >= 11 is 0. The molecule has 0 aliphatic carbocycles. The number of fused-ring (bicyclic) bond motifs is 1. The van der Waals surface area contributed by atoms with Crippen LogP contribution < -0.4 is 15.3 Å². The van der Waals surface area contributed by atoms with E-state index in [0.29, 0.717) is 11.9 Å². The number of hydrogen-bond acceptors (Lipinski definition) is 12. The van der Waals surface area contributed by atoms with Crippen LogP contribution in [0.1, 0.15) is 96.6 Å². The summed E-state index contributed by atoms with van der Waals surface area (Å²) < 4.78 is 38.2. The van der Waals surface area contributed by atoms with Gasteiger partial charge in [-0.25, -0.2) is 14.1 Å². The summed E-state index contributed by atoms with van der Waals surface area (Å²) in [5.41, 5.74) is 4.31. The van der Waals surface area contributed by atoms with Crippen LogP contribution in [0.3, 0.4) is 0 Å². The predicted octanol–water partition coefficient (Wildman–Crippen LogP) is 6.69. The van der Waals surface area contributed by atoms with E-state index >= 15 is 0 Å². The van der Waals surface area contributed by atoms with E-state index in [0.717, 1.165) is 44.9 Å². The highest BCUT2D eigenvalue weighted by molar-refractivity contribution is 7.52. The Labute approximate surface area is 317 Å². The van der Waals surface area contributed by atoms with Gasteiger partial charge in [0.25, 0.3) is 0 Å². The van der Waals surface area contributed by atoms with Gasteiger partial charge in [-0.1, -0.05) is 88.0 Å². The molecule has 1 unspecified atom stereocenters. The first-order valence-electron chi connectivity index (χ1n) is 18.9. The van der Waals surface area contributed by atoms with E-state index in [1.165, 1.54) is 49.5 Å². The predicted molar refractivity (Wildman–Crippen MR) is 205 cm³/mol. The first kappa shape index (κ1) is 42.6. The molecule has 54 heavy (non-hydrogen) atoms. The third kappa shape index (κ3) is 12.0. The maximum Gasteiger partial charge on any atom is 0.459 e. The van der Waals surface area contributed by atoms with Gasteiger partial charge in [0.2, 0.25) is 5.60 Å². The first-order valence-corrected chi connectivity index (χ1v) is 20.5. The number of carbonyl (C=O) groups excluding carboxylic acids is 1. The number of rotatable bonds is 24. The van der Waals surface area contributed by atoms with Crippen LogP contribution in [0.2, 0.25) is 0 Å². The van der Waals surface area contributed by atoms with Gasteiger partial charge in [-0.3, -0.25) is 9.32 Å². The number of benzene rings is 1. The lowest BCUT2D eigenvalue weighted by atomic mass is 9.92. The second-order valence-electron chi connectivity index (χ2n) is 13.4. The Hall–Kier alpha value is -4.09. The van der Waals surface area contributed by atoms with E-state index < -0.39 is 50.3 Å². The topological polar surface area (TPSA) is 204 Å². The van der Waals surface area contributed by atoms with Crippen molar-refractivity contribution < 1.29 is 38.1 Å². The van der Waals surface area contributed by atoms with Crippen molar-refractivity contribution in [3.05, 3.63) is 78.8 Å². The molecule has 1 fully saturated rings. The molecular weight excluding hydrogens is 711 g/mol. The molecule has 1 saturated heterocycles. The normalized spacial score (nSPS) is 21.7. The number of anilines is 1. The molecule has 3 heterocycles. The summed E-state index contributed by atoms with van der Waals surface area (Å²) in [6.45, 7) is 3.32. The third-order valence-corrected chi connectivity index (χ3v) is 10.8. The van der Waals surface area contributed by atoms with E-state index in [-0.39, 0.29) is 23.9 Å². The Morgan fingerprint density at radius 1 is 1.06 bits per heavy atom. The number of aromatic nitrogens is 3. The van der Waals surface area contributed by atoms with Crippen molar-refractivity contribution in [2.75, 3.05) is 18.9 Å². The van der Waals surface area contributed by atoms with Crippen LogP contribution in [-0.2, 0) is 29.0 Å². The Bertz CT molecular complexity index is 1750. The van der Waals surface area contributed by atoms with Gasteiger partial charge in [-0.05, 0) is 69.7 Å². The van der Waals surface area contributed by atoms with Crippen molar-refractivity contribution in [2.24, 2.45) is 0 Å². The number of hydrogen-bond donors (Lipinski definition) is 4. The standard InChI is InChI=1S/C39H55N6O8P/c1-3-4-5-6-7-8-9-10-11-12-13-14-15-16-17-21-26-50-38(48)30(2)44-54(49,53-31-22-19-18-20-23-31)51-27-33-35(46)36(47)39(28-40,52-33)34-25-24-32-37(41)42-29-43-45(32)34/h7-8,10-11,18-20,22-25,29-30,33,35-36,46-47H,3-6,9,12-17,21,26-27H2,1-2H3,(H,44,49)(H2,41,42,43)/b8-7-,11-10-/t30-,33+,35+,36+,39-,54?/m0/s1. The van der Waals surface area contributed by atoms with Gasteiger partial charge in [-0.15, -0.1) is 0 Å². The molecule has 0 amide bonds. The largest absolute Gasteiger partial charge is 0.465 e. The van der Waals surface area contributed by atoms with Crippen LogP contribution >= 0.6 is 7.75 Å². The lowest BCUT2D eigenvalue weighted by Crippen LogP contribution is -2.41. The van der Waals surface area contributed by atoms with E-state index in [9.17, 15) is 24.8 Å². The molecule has 1 aliphatic rings. The van der Waals surface area contributed by atoms with Gasteiger partial charge >= 0.3 is 13.7 Å². The summed E-state index contributed by atoms with van der Waals surface area (Å²) in [6.07, 6.45) is 18.6. The van der Waals surface area contributed by atoms with Crippen molar-refractivity contribution >= 4 is 25.1 Å². The monoisotopic (exact) mass is 766 g/mol. The smallest absolute Gasteiger partial charge is 0.459 e. The quantitative estimate of drug-likeness (QED) is 0.0325. The fourth-order valence-corrected chi connectivity index (χ4v) is 7.61.